The highest BCUT2D eigenvalue weighted by atomic mass is 35.5. The molecule has 17 heavy (non-hydrogen) atoms. The predicted octanol–water partition coefficient (Wildman–Crippen LogP) is 3.01. The van der Waals surface area contributed by atoms with Gasteiger partial charge in [-0.15, -0.1) is 0 Å². The van der Waals surface area contributed by atoms with E-state index in [0.29, 0.717) is 5.29 Å². The van der Waals surface area contributed by atoms with Crippen LogP contribution in [0.15, 0.2) is 23.2 Å². The number of fused-ring (bicyclic) bond motifs is 1. The molecule has 2 aliphatic rings. The fourth-order valence-electron chi connectivity index (χ4n) is 2.48. The Bertz CT molecular complexity index is 450. The molecule has 90 valence electrons. The summed E-state index contributed by atoms with van der Waals surface area (Å²) in [7, 11) is 0. The molecule has 0 amide bonds. The van der Waals surface area contributed by atoms with Gasteiger partial charge in [0.2, 0.25) is 0 Å². The molecule has 2 aliphatic heterocycles. The molecule has 0 radical (unpaired) electrons. The molecule has 0 atom stereocenters. The van der Waals surface area contributed by atoms with Gasteiger partial charge in [-0.2, -0.15) is 0 Å². The highest BCUT2D eigenvalue weighted by Gasteiger charge is 2.14. The van der Waals surface area contributed by atoms with E-state index in [9.17, 15) is 0 Å². The van der Waals surface area contributed by atoms with Crippen LogP contribution in [0.2, 0.25) is 0 Å². The lowest BCUT2D eigenvalue weighted by Crippen LogP contribution is -2.29. The van der Waals surface area contributed by atoms with Crippen LogP contribution >= 0.6 is 11.6 Å². The minimum absolute atomic E-state index is 0.489. The van der Waals surface area contributed by atoms with Gasteiger partial charge in [0.25, 0.3) is 0 Å². The summed E-state index contributed by atoms with van der Waals surface area (Å²) in [5.41, 5.74) is 3.55. The van der Waals surface area contributed by atoms with Crippen molar-refractivity contribution in [2.24, 2.45) is 4.99 Å². The highest BCUT2D eigenvalue weighted by Crippen LogP contribution is 2.29. The minimum Gasteiger partial charge on any atom is -0.372 e. The van der Waals surface area contributed by atoms with Crippen molar-refractivity contribution in [3.05, 3.63) is 23.8 Å². The average Bonchev–Trinajstić information content (AvgIpc) is 2.39. The third-order valence-electron chi connectivity index (χ3n) is 3.43. The lowest BCUT2D eigenvalue weighted by Gasteiger charge is -2.29. The molecule has 1 aromatic rings. The molecule has 4 heteroatoms. The standard InChI is InChI=1S/C13H16ClN3/c14-13-15-9-10-8-11(4-5-12(10)16-13)17-6-2-1-3-7-17/h4-5,8H,1-3,6-7,9H2,(H,15,16). The maximum absolute atomic E-state index is 5.86. The summed E-state index contributed by atoms with van der Waals surface area (Å²) in [6.45, 7) is 3.13. The van der Waals surface area contributed by atoms with E-state index in [4.69, 9.17) is 11.6 Å². The lowest BCUT2D eigenvalue weighted by atomic mass is 10.1. The van der Waals surface area contributed by atoms with Crippen molar-refractivity contribution in [2.45, 2.75) is 25.8 Å². The molecule has 0 aliphatic carbocycles. The van der Waals surface area contributed by atoms with Crippen LogP contribution in [0.4, 0.5) is 11.4 Å². The first kappa shape index (κ1) is 10.9. The Hall–Kier alpha value is -1.22. The molecule has 1 saturated heterocycles. The van der Waals surface area contributed by atoms with E-state index in [-0.39, 0.29) is 0 Å². The molecule has 0 unspecified atom stereocenters. The minimum atomic E-state index is 0.489. The predicted molar refractivity (Wildman–Crippen MR) is 72.3 cm³/mol. The molecule has 1 N–H and O–H groups in total. The van der Waals surface area contributed by atoms with E-state index in [1.165, 1.54) is 43.6 Å². The Labute approximate surface area is 106 Å². The van der Waals surface area contributed by atoms with Crippen molar-refractivity contribution in [2.75, 3.05) is 18.0 Å². The van der Waals surface area contributed by atoms with Gasteiger partial charge in [0.05, 0.1) is 5.69 Å². The number of anilines is 1. The number of nitrogens with zero attached hydrogens (tertiary/aromatic N) is 2. The van der Waals surface area contributed by atoms with Gasteiger partial charge in [-0.3, -0.25) is 0 Å². The highest BCUT2D eigenvalue weighted by molar-refractivity contribution is 6.65. The van der Waals surface area contributed by atoms with Gasteiger partial charge >= 0.3 is 0 Å². The van der Waals surface area contributed by atoms with Crippen LogP contribution in [0.1, 0.15) is 24.8 Å². The van der Waals surface area contributed by atoms with Gasteiger partial charge in [0.15, 0.2) is 5.29 Å². The number of rotatable bonds is 1. The molecule has 1 aromatic carbocycles. The van der Waals surface area contributed by atoms with E-state index in [0.717, 1.165) is 12.2 Å². The van der Waals surface area contributed by atoms with Crippen LogP contribution < -0.4 is 10.2 Å². The number of piperidine rings is 1. The average molecular weight is 250 g/mol. The summed E-state index contributed by atoms with van der Waals surface area (Å²) in [6, 6.07) is 6.46. The summed E-state index contributed by atoms with van der Waals surface area (Å²) < 4.78 is 0. The molecule has 3 rings (SSSR count). The first-order valence-electron chi connectivity index (χ1n) is 6.19. The second kappa shape index (κ2) is 4.57. The summed E-state index contributed by atoms with van der Waals surface area (Å²) in [5.74, 6) is 0. The molecule has 2 heterocycles. The number of halogens is 1. The number of nitrogens with one attached hydrogen (secondary N) is 1. The van der Waals surface area contributed by atoms with Crippen molar-refractivity contribution in [1.82, 2.24) is 5.32 Å². The summed E-state index contributed by atoms with van der Waals surface area (Å²) in [4.78, 5) is 6.75. The van der Waals surface area contributed by atoms with Crippen LogP contribution in [0.3, 0.4) is 0 Å². The van der Waals surface area contributed by atoms with Crippen molar-refractivity contribution in [3.8, 4) is 0 Å². The number of hydrogen-bond donors (Lipinski definition) is 1. The van der Waals surface area contributed by atoms with Gasteiger partial charge in [0.1, 0.15) is 0 Å². The third-order valence-corrected chi connectivity index (χ3v) is 3.65. The van der Waals surface area contributed by atoms with Crippen LogP contribution in [-0.4, -0.2) is 18.4 Å². The van der Waals surface area contributed by atoms with E-state index in [2.05, 4.69) is 33.4 Å². The SMILES string of the molecule is ClC1=Nc2ccc(N3CCCCC3)cc2CN1. The zero-order chi connectivity index (χ0) is 11.7. The topological polar surface area (TPSA) is 27.6 Å². The maximum Gasteiger partial charge on any atom is 0.196 e. The second-order valence-electron chi connectivity index (χ2n) is 4.62. The largest absolute Gasteiger partial charge is 0.372 e. The fraction of sp³-hybridized carbons (Fsp3) is 0.462. The van der Waals surface area contributed by atoms with Crippen molar-refractivity contribution in [3.63, 3.8) is 0 Å². The number of aliphatic imine (C=N–C) groups is 1. The molecule has 0 bridgehead atoms. The van der Waals surface area contributed by atoms with Crippen LogP contribution in [0.5, 0.6) is 0 Å². The smallest absolute Gasteiger partial charge is 0.196 e. The molecule has 3 nitrogen and oxygen atoms in total. The Morgan fingerprint density at radius 3 is 2.82 bits per heavy atom. The van der Waals surface area contributed by atoms with Gasteiger partial charge < -0.3 is 10.2 Å². The fourth-order valence-corrected chi connectivity index (χ4v) is 2.64. The van der Waals surface area contributed by atoms with Gasteiger partial charge in [-0.25, -0.2) is 4.99 Å². The summed E-state index contributed by atoms with van der Waals surface area (Å²) in [5, 5.41) is 3.55. The number of benzene rings is 1. The van der Waals surface area contributed by atoms with Crippen molar-refractivity contribution < 1.29 is 0 Å². The molecule has 0 saturated carbocycles. The zero-order valence-corrected chi connectivity index (χ0v) is 10.5. The molecular weight excluding hydrogens is 234 g/mol. The van der Waals surface area contributed by atoms with Crippen molar-refractivity contribution in [1.29, 1.82) is 0 Å². The first-order chi connectivity index (χ1) is 8.33. The van der Waals surface area contributed by atoms with E-state index < -0.39 is 0 Å². The zero-order valence-electron chi connectivity index (χ0n) is 9.75. The van der Waals surface area contributed by atoms with Gasteiger partial charge in [-0.1, -0.05) is 0 Å². The van der Waals surface area contributed by atoms with E-state index in [1.54, 1.807) is 0 Å². The quantitative estimate of drug-likeness (QED) is 0.775. The van der Waals surface area contributed by atoms with Crippen LogP contribution in [0.25, 0.3) is 0 Å². The Morgan fingerprint density at radius 1 is 1.18 bits per heavy atom. The molecular formula is C13H16ClN3. The van der Waals surface area contributed by atoms with Crippen molar-refractivity contribution >= 4 is 28.3 Å². The molecule has 1 fully saturated rings. The normalized spacial score (nSPS) is 19.4. The Morgan fingerprint density at radius 2 is 2.00 bits per heavy atom. The monoisotopic (exact) mass is 249 g/mol. The second-order valence-corrected chi connectivity index (χ2v) is 4.97. The van der Waals surface area contributed by atoms with Crippen LogP contribution in [0, 0.1) is 0 Å². The van der Waals surface area contributed by atoms with Gasteiger partial charge in [0, 0.05) is 25.3 Å². The third kappa shape index (κ3) is 2.25. The van der Waals surface area contributed by atoms with Crippen LogP contribution in [-0.2, 0) is 6.54 Å². The number of amidine groups is 1. The Kier molecular flexibility index (Phi) is 2.93. The maximum atomic E-state index is 5.86. The van der Waals surface area contributed by atoms with Gasteiger partial charge in [-0.05, 0) is 54.6 Å². The Balaban J connectivity index is 1.88. The molecule has 0 aromatic heterocycles. The lowest BCUT2D eigenvalue weighted by molar-refractivity contribution is 0.577. The molecule has 0 spiro atoms. The van der Waals surface area contributed by atoms with E-state index in [1.807, 2.05) is 0 Å². The van der Waals surface area contributed by atoms with E-state index >= 15 is 0 Å². The number of hydrogen-bond acceptors (Lipinski definition) is 3. The summed E-state index contributed by atoms with van der Waals surface area (Å²) >= 11 is 5.86. The first-order valence-corrected chi connectivity index (χ1v) is 6.57. The summed E-state index contributed by atoms with van der Waals surface area (Å²) in [6.07, 6.45) is 3.97.